The predicted molar refractivity (Wildman–Crippen MR) is 137 cm³/mol. The van der Waals surface area contributed by atoms with Gasteiger partial charge in [-0.25, -0.2) is 4.98 Å². The number of morpholine rings is 1. The Bertz CT molecular complexity index is 1170. The summed E-state index contributed by atoms with van der Waals surface area (Å²) in [4.78, 5) is 15.9. The first kappa shape index (κ1) is 23.0. The number of aromatic nitrogens is 2. The lowest BCUT2D eigenvalue weighted by atomic mass is 9.96. The predicted octanol–water partition coefficient (Wildman–Crippen LogP) is 4.91. The number of nitriles is 1. The number of rotatable bonds is 5. The molecule has 0 aliphatic carbocycles. The van der Waals surface area contributed by atoms with Crippen molar-refractivity contribution in [2.75, 3.05) is 50.8 Å². The molecular formula is C27H31N5OS. The van der Waals surface area contributed by atoms with Crippen LogP contribution in [-0.4, -0.2) is 60.8 Å². The van der Waals surface area contributed by atoms with Gasteiger partial charge in [-0.1, -0.05) is 23.5 Å². The molecule has 7 heteroatoms. The number of pyridine rings is 1. The van der Waals surface area contributed by atoms with E-state index in [1.807, 2.05) is 32.0 Å². The van der Waals surface area contributed by atoms with Crippen LogP contribution in [0, 0.1) is 31.1 Å². The third kappa shape index (κ3) is 5.15. The Morgan fingerprint density at radius 1 is 1.00 bits per heavy atom. The molecule has 6 nitrogen and oxygen atoms in total. The van der Waals surface area contributed by atoms with Gasteiger partial charge in [0.25, 0.3) is 0 Å². The lowest BCUT2D eigenvalue weighted by molar-refractivity contribution is 0.0289. The third-order valence-corrected chi connectivity index (χ3v) is 7.90. The summed E-state index contributed by atoms with van der Waals surface area (Å²) in [5.74, 6) is 0.742. The molecule has 0 saturated carbocycles. The van der Waals surface area contributed by atoms with E-state index in [1.165, 1.54) is 19.4 Å². The summed E-state index contributed by atoms with van der Waals surface area (Å²) < 4.78 is 5.50. The van der Waals surface area contributed by atoms with E-state index in [4.69, 9.17) is 9.72 Å². The zero-order valence-electron chi connectivity index (χ0n) is 20.0. The van der Waals surface area contributed by atoms with Crippen molar-refractivity contribution in [3.8, 4) is 27.8 Å². The Morgan fingerprint density at radius 3 is 2.44 bits per heavy atom. The molecule has 2 saturated heterocycles. The third-order valence-electron chi connectivity index (χ3n) is 6.73. The van der Waals surface area contributed by atoms with Crippen LogP contribution in [0.1, 0.15) is 29.8 Å². The molecule has 5 rings (SSSR count). The largest absolute Gasteiger partial charge is 0.379 e. The number of ether oxygens (including phenoxy) is 1. The molecule has 0 N–H and O–H groups in total. The van der Waals surface area contributed by atoms with Crippen molar-refractivity contribution < 1.29 is 4.74 Å². The maximum Gasteiger partial charge on any atom is 0.186 e. The SMILES string of the molecule is Cc1cc(-c2sc(N3CCC(CN4CCOCC4)CC3)nc2-c2cccc(C#N)c2)cc(C)n1. The summed E-state index contributed by atoms with van der Waals surface area (Å²) in [5, 5.41) is 10.5. The Kier molecular flexibility index (Phi) is 6.91. The van der Waals surface area contributed by atoms with Crippen LogP contribution in [0.2, 0.25) is 0 Å². The Balaban J connectivity index is 1.41. The van der Waals surface area contributed by atoms with Gasteiger partial charge in [0.2, 0.25) is 0 Å². The van der Waals surface area contributed by atoms with Crippen LogP contribution in [0.4, 0.5) is 5.13 Å². The molecule has 0 bridgehead atoms. The van der Waals surface area contributed by atoms with Crippen molar-refractivity contribution in [2.45, 2.75) is 26.7 Å². The van der Waals surface area contributed by atoms with Crippen LogP contribution in [-0.2, 0) is 4.74 Å². The molecule has 2 aromatic heterocycles. The van der Waals surface area contributed by atoms with E-state index in [2.05, 4.69) is 39.1 Å². The molecule has 176 valence electrons. The Morgan fingerprint density at radius 2 is 1.74 bits per heavy atom. The van der Waals surface area contributed by atoms with Crippen molar-refractivity contribution in [3.05, 3.63) is 53.3 Å². The highest BCUT2D eigenvalue weighted by Crippen LogP contribution is 2.41. The van der Waals surface area contributed by atoms with Gasteiger partial charge < -0.3 is 9.64 Å². The molecular weight excluding hydrogens is 442 g/mol. The average molecular weight is 474 g/mol. The van der Waals surface area contributed by atoms with Crippen molar-refractivity contribution in [1.29, 1.82) is 5.26 Å². The fraction of sp³-hybridized carbons (Fsp3) is 0.444. The molecule has 0 amide bonds. The van der Waals surface area contributed by atoms with Crippen molar-refractivity contribution in [1.82, 2.24) is 14.9 Å². The van der Waals surface area contributed by atoms with Gasteiger partial charge in [-0.2, -0.15) is 5.26 Å². The van der Waals surface area contributed by atoms with Crippen molar-refractivity contribution >= 4 is 16.5 Å². The summed E-state index contributed by atoms with van der Waals surface area (Å²) in [5.41, 5.74) is 5.76. The Hall–Kier alpha value is -2.79. The minimum atomic E-state index is 0.656. The first-order chi connectivity index (χ1) is 16.6. The normalized spacial score (nSPS) is 17.6. The number of piperidine rings is 1. The van der Waals surface area contributed by atoms with Crippen LogP contribution < -0.4 is 4.90 Å². The molecule has 4 heterocycles. The topological polar surface area (TPSA) is 65.3 Å². The van der Waals surface area contributed by atoms with Crippen molar-refractivity contribution in [3.63, 3.8) is 0 Å². The van der Waals surface area contributed by atoms with Gasteiger partial charge in [0.15, 0.2) is 5.13 Å². The summed E-state index contributed by atoms with van der Waals surface area (Å²) in [7, 11) is 0. The van der Waals surface area contributed by atoms with Crippen LogP contribution in [0.5, 0.6) is 0 Å². The highest BCUT2D eigenvalue weighted by atomic mass is 32.1. The molecule has 2 fully saturated rings. The maximum absolute atomic E-state index is 9.42. The first-order valence-corrected chi connectivity index (χ1v) is 12.9. The van der Waals surface area contributed by atoms with Gasteiger partial charge in [0.1, 0.15) is 0 Å². The second kappa shape index (κ2) is 10.2. The monoisotopic (exact) mass is 473 g/mol. The van der Waals surface area contributed by atoms with E-state index in [0.717, 1.165) is 83.5 Å². The number of anilines is 1. The standard InChI is InChI=1S/C27H31N5OS/c1-19-14-24(15-20(2)29-19)26-25(23-5-3-4-22(16-23)17-28)30-27(34-26)32-8-6-21(7-9-32)18-31-10-12-33-13-11-31/h3-5,14-16,21H,6-13,18H2,1-2H3. The molecule has 0 spiro atoms. The number of thiazole rings is 1. The van der Waals surface area contributed by atoms with Gasteiger partial charge in [0.05, 0.1) is 35.4 Å². The summed E-state index contributed by atoms with van der Waals surface area (Å²) >= 11 is 1.76. The van der Waals surface area contributed by atoms with Crippen LogP contribution in [0.3, 0.4) is 0 Å². The molecule has 34 heavy (non-hydrogen) atoms. The van der Waals surface area contributed by atoms with E-state index < -0.39 is 0 Å². The number of hydrogen-bond acceptors (Lipinski definition) is 7. The number of nitrogens with zero attached hydrogens (tertiary/aromatic N) is 5. The molecule has 3 aromatic rings. The quantitative estimate of drug-likeness (QED) is 0.525. The zero-order valence-corrected chi connectivity index (χ0v) is 20.8. The highest BCUT2D eigenvalue weighted by Gasteiger charge is 2.26. The van der Waals surface area contributed by atoms with Gasteiger partial charge >= 0.3 is 0 Å². The lowest BCUT2D eigenvalue weighted by Gasteiger charge is -2.36. The number of hydrogen-bond donors (Lipinski definition) is 0. The summed E-state index contributed by atoms with van der Waals surface area (Å²) in [6, 6.07) is 14.3. The molecule has 0 unspecified atom stereocenters. The highest BCUT2D eigenvalue weighted by molar-refractivity contribution is 7.19. The molecule has 0 atom stereocenters. The minimum Gasteiger partial charge on any atom is -0.379 e. The van der Waals surface area contributed by atoms with Gasteiger partial charge in [-0.05, 0) is 62.4 Å². The second-order valence-corrected chi connectivity index (χ2v) is 10.3. The zero-order chi connectivity index (χ0) is 23.5. The van der Waals surface area contributed by atoms with Crippen LogP contribution in [0.25, 0.3) is 21.7 Å². The molecule has 0 radical (unpaired) electrons. The lowest BCUT2D eigenvalue weighted by Crippen LogP contribution is -2.42. The minimum absolute atomic E-state index is 0.656. The number of aryl methyl sites for hydroxylation is 2. The van der Waals surface area contributed by atoms with Gasteiger partial charge in [-0.3, -0.25) is 9.88 Å². The van der Waals surface area contributed by atoms with E-state index in [0.29, 0.717) is 5.56 Å². The first-order valence-electron chi connectivity index (χ1n) is 12.1. The van der Waals surface area contributed by atoms with E-state index in [1.54, 1.807) is 11.3 Å². The van der Waals surface area contributed by atoms with Gasteiger partial charge in [-0.15, -0.1) is 0 Å². The second-order valence-electron chi connectivity index (χ2n) is 9.35. The maximum atomic E-state index is 9.42. The fourth-order valence-corrected chi connectivity index (χ4v) is 6.12. The molecule has 1 aromatic carbocycles. The van der Waals surface area contributed by atoms with Gasteiger partial charge in [0, 0.05) is 49.7 Å². The Labute approximate surface area is 205 Å². The average Bonchev–Trinajstić information content (AvgIpc) is 3.30. The number of benzene rings is 1. The molecule has 2 aliphatic heterocycles. The van der Waals surface area contributed by atoms with E-state index in [-0.39, 0.29) is 0 Å². The fourth-order valence-electron chi connectivity index (χ4n) is 4.99. The van der Waals surface area contributed by atoms with Crippen molar-refractivity contribution in [2.24, 2.45) is 5.92 Å². The van der Waals surface area contributed by atoms with E-state index in [9.17, 15) is 5.26 Å². The molecule has 2 aliphatic rings. The van der Waals surface area contributed by atoms with Crippen LogP contribution >= 0.6 is 11.3 Å². The van der Waals surface area contributed by atoms with E-state index >= 15 is 0 Å². The smallest absolute Gasteiger partial charge is 0.186 e. The summed E-state index contributed by atoms with van der Waals surface area (Å²) in [6.45, 7) is 11.2. The summed E-state index contributed by atoms with van der Waals surface area (Å²) in [6.07, 6.45) is 2.39. The van der Waals surface area contributed by atoms with Crippen LogP contribution in [0.15, 0.2) is 36.4 Å².